The van der Waals surface area contributed by atoms with Crippen LogP contribution in [-0.4, -0.2) is 96.9 Å². The number of ether oxygens (including phenoxy) is 2. The van der Waals surface area contributed by atoms with Gasteiger partial charge in [-0.3, -0.25) is 14.1 Å². The van der Waals surface area contributed by atoms with E-state index in [4.69, 9.17) is 9.29 Å². The molecule has 0 aliphatic rings. The van der Waals surface area contributed by atoms with Gasteiger partial charge >= 0.3 is 65.4 Å². The predicted octanol–water partition coefficient (Wildman–Crippen LogP) is 4.15. The SMILES string of the molecule is CCCCC(CC)COC(=O)C(CC(=O)OCCC(F)(F)C(F)(F)C(F)(F)C(F)(F)F)S(=O)(=O)O.[NaH]. The van der Waals surface area contributed by atoms with Crippen LogP contribution in [0, 0.1) is 5.92 Å². The summed E-state index contributed by atoms with van der Waals surface area (Å²) in [6, 6.07) is 0. The number of hydrogen-bond donors (Lipinski definition) is 1. The van der Waals surface area contributed by atoms with Crippen LogP contribution < -0.4 is 0 Å². The molecular formula is C18H26F9NaO7S. The van der Waals surface area contributed by atoms with Gasteiger partial charge in [-0.2, -0.15) is 47.9 Å². The van der Waals surface area contributed by atoms with Crippen molar-refractivity contribution < 1.29 is 71.5 Å². The summed E-state index contributed by atoms with van der Waals surface area (Å²) in [7, 11) is -5.31. The summed E-state index contributed by atoms with van der Waals surface area (Å²) in [5.74, 6) is -23.7. The number of alkyl halides is 9. The van der Waals surface area contributed by atoms with E-state index in [9.17, 15) is 57.5 Å². The number of carbonyl (C=O) groups is 2. The van der Waals surface area contributed by atoms with Crippen LogP contribution in [0.2, 0.25) is 0 Å². The zero-order chi connectivity index (χ0) is 27.9. The number of esters is 2. The minimum absolute atomic E-state index is 0. The fourth-order valence-electron chi connectivity index (χ4n) is 2.57. The summed E-state index contributed by atoms with van der Waals surface area (Å²) in [5, 5.41) is -2.59. The number of unbranched alkanes of at least 4 members (excludes halogenated alkanes) is 1. The van der Waals surface area contributed by atoms with Gasteiger partial charge in [-0.25, -0.2) is 0 Å². The van der Waals surface area contributed by atoms with Crippen molar-refractivity contribution in [3.05, 3.63) is 0 Å². The zero-order valence-corrected chi connectivity index (χ0v) is 19.3. The van der Waals surface area contributed by atoms with Gasteiger partial charge in [-0.05, 0) is 12.3 Å². The van der Waals surface area contributed by atoms with Gasteiger partial charge in [-0.15, -0.1) is 0 Å². The molecule has 0 amide bonds. The number of carbonyl (C=O) groups excluding carboxylic acids is 2. The van der Waals surface area contributed by atoms with Crippen molar-refractivity contribution in [2.75, 3.05) is 13.2 Å². The normalized spacial score (nSPS) is 15.0. The third-order valence-electron chi connectivity index (χ3n) is 4.87. The fraction of sp³-hybridized carbons (Fsp3) is 0.889. The standard InChI is InChI=1S/C18H25F9O7S.Na.H/c1-3-5-6-11(4-2)10-34-14(29)12(35(30,31)32)9-13(28)33-8-7-15(19,20)16(21,22)17(23,24)18(25,26)27;;/h11-12H,3-10H2,1-2H3,(H,30,31,32);;. The molecule has 210 valence electrons. The monoisotopic (exact) mass is 580 g/mol. The predicted molar refractivity (Wildman–Crippen MR) is 108 cm³/mol. The first kappa shape index (κ1) is 37.4. The van der Waals surface area contributed by atoms with Crippen LogP contribution in [0.3, 0.4) is 0 Å². The van der Waals surface area contributed by atoms with Crippen LogP contribution in [0.15, 0.2) is 0 Å². The summed E-state index contributed by atoms with van der Waals surface area (Å²) in [6.45, 7) is 1.50. The average molecular weight is 580 g/mol. The second-order valence-electron chi connectivity index (χ2n) is 7.58. The molecule has 2 atom stereocenters. The number of rotatable bonds is 15. The van der Waals surface area contributed by atoms with Gasteiger partial charge in [0.15, 0.2) is 5.25 Å². The average Bonchev–Trinajstić information content (AvgIpc) is 2.69. The first-order valence-electron chi connectivity index (χ1n) is 10.1. The third kappa shape index (κ3) is 10.2. The Labute approximate surface area is 223 Å². The molecule has 0 fully saturated rings. The van der Waals surface area contributed by atoms with Gasteiger partial charge in [0.1, 0.15) is 0 Å². The van der Waals surface area contributed by atoms with E-state index in [-0.39, 0.29) is 42.1 Å². The molecule has 0 rings (SSSR count). The van der Waals surface area contributed by atoms with Crippen LogP contribution in [0.4, 0.5) is 39.5 Å². The van der Waals surface area contributed by atoms with Crippen LogP contribution in [0.25, 0.3) is 0 Å². The molecule has 0 aliphatic heterocycles. The Balaban J connectivity index is 0. The maximum atomic E-state index is 13.4. The quantitative estimate of drug-likeness (QED) is 0.134. The van der Waals surface area contributed by atoms with E-state index in [0.29, 0.717) is 12.8 Å². The molecule has 0 aromatic carbocycles. The van der Waals surface area contributed by atoms with Crippen molar-refractivity contribution in [1.82, 2.24) is 0 Å². The van der Waals surface area contributed by atoms with E-state index < -0.39 is 70.7 Å². The van der Waals surface area contributed by atoms with Crippen LogP contribution >= 0.6 is 0 Å². The first-order valence-corrected chi connectivity index (χ1v) is 11.6. The number of hydrogen-bond acceptors (Lipinski definition) is 6. The second kappa shape index (κ2) is 14.4. The Morgan fingerprint density at radius 1 is 0.917 bits per heavy atom. The van der Waals surface area contributed by atoms with Crippen molar-refractivity contribution in [3.8, 4) is 0 Å². The molecule has 36 heavy (non-hydrogen) atoms. The molecule has 1 N–H and O–H groups in total. The molecule has 0 saturated carbocycles. The molecule has 0 aromatic heterocycles. The van der Waals surface area contributed by atoms with Crippen molar-refractivity contribution >= 4 is 51.6 Å². The van der Waals surface area contributed by atoms with Gasteiger partial charge in [0, 0.05) is 0 Å². The fourth-order valence-corrected chi connectivity index (χ4v) is 3.23. The molecule has 0 bridgehead atoms. The van der Waals surface area contributed by atoms with E-state index in [1.54, 1.807) is 6.92 Å². The van der Waals surface area contributed by atoms with Gasteiger partial charge < -0.3 is 9.47 Å². The van der Waals surface area contributed by atoms with Gasteiger partial charge in [0.2, 0.25) is 0 Å². The van der Waals surface area contributed by atoms with Gasteiger partial charge in [-0.1, -0.05) is 33.1 Å². The molecular weight excluding hydrogens is 554 g/mol. The second-order valence-corrected chi connectivity index (χ2v) is 9.17. The van der Waals surface area contributed by atoms with Crippen LogP contribution in [-0.2, 0) is 29.2 Å². The Bertz CT molecular complexity index is 820. The Morgan fingerprint density at radius 3 is 1.86 bits per heavy atom. The van der Waals surface area contributed by atoms with E-state index in [1.165, 1.54) is 0 Å². The molecule has 0 spiro atoms. The first-order chi connectivity index (χ1) is 15.7. The van der Waals surface area contributed by atoms with Crippen molar-refractivity contribution in [2.24, 2.45) is 5.92 Å². The molecule has 0 aromatic rings. The van der Waals surface area contributed by atoms with Crippen LogP contribution in [0.1, 0.15) is 52.4 Å². The molecule has 7 nitrogen and oxygen atoms in total. The summed E-state index contributed by atoms with van der Waals surface area (Å²) in [5.41, 5.74) is 0. The maximum absolute atomic E-state index is 13.4. The van der Waals surface area contributed by atoms with Gasteiger partial charge in [0.05, 0.1) is 26.1 Å². The summed E-state index contributed by atoms with van der Waals surface area (Å²) in [6.07, 6.45) is -8.38. The van der Waals surface area contributed by atoms with E-state index in [0.717, 1.165) is 12.8 Å². The Morgan fingerprint density at radius 2 is 1.44 bits per heavy atom. The third-order valence-corrected chi connectivity index (χ3v) is 5.95. The van der Waals surface area contributed by atoms with Crippen molar-refractivity contribution in [1.29, 1.82) is 0 Å². The summed E-state index contributed by atoms with van der Waals surface area (Å²) in [4.78, 5) is 23.7. The van der Waals surface area contributed by atoms with Crippen molar-refractivity contribution in [3.63, 3.8) is 0 Å². The number of halogens is 9. The topological polar surface area (TPSA) is 107 Å². The summed E-state index contributed by atoms with van der Waals surface area (Å²) < 4.78 is 156. The molecule has 0 saturated heterocycles. The zero-order valence-electron chi connectivity index (χ0n) is 18.5. The Hall–Kier alpha value is -0.780. The Kier molecular flexibility index (Phi) is 14.9. The molecule has 2 unspecified atom stereocenters. The minimum atomic E-state index is -7.12. The molecule has 0 aliphatic carbocycles. The summed E-state index contributed by atoms with van der Waals surface area (Å²) >= 11 is 0. The van der Waals surface area contributed by atoms with E-state index in [2.05, 4.69) is 4.74 Å². The van der Waals surface area contributed by atoms with Gasteiger partial charge in [0.25, 0.3) is 10.1 Å². The molecule has 0 radical (unpaired) electrons. The van der Waals surface area contributed by atoms with E-state index >= 15 is 0 Å². The molecule has 0 heterocycles. The van der Waals surface area contributed by atoms with E-state index in [1.807, 2.05) is 6.92 Å². The van der Waals surface area contributed by atoms with Crippen molar-refractivity contribution in [2.45, 2.75) is 81.6 Å². The van der Waals surface area contributed by atoms with Crippen LogP contribution in [0.5, 0.6) is 0 Å². The molecule has 18 heteroatoms.